The van der Waals surface area contributed by atoms with E-state index in [4.69, 9.17) is 0 Å². The molecule has 8 nitrogen and oxygen atoms in total. The lowest BCUT2D eigenvalue weighted by Crippen LogP contribution is -2.40. The average Bonchev–Trinajstić information content (AvgIpc) is 2.25. The first kappa shape index (κ1) is 14.1. The molecule has 0 spiro atoms. The summed E-state index contributed by atoms with van der Waals surface area (Å²) in [5.74, 6) is 0.344. The third-order valence-corrected chi connectivity index (χ3v) is 1.90. The number of hydrogen-bond donors (Lipinski definition) is 3. The second-order valence-electron chi connectivity index (χ2n) is 4.71. The topological polar surface area (TPSA) is 105 Å². The molecule has 100 valence electrons. The van der Waals surface area contributed by atoms with Crippen LogP contribution in [-0.2, 0) is 0 Å². The van der Waals surface area contributed by atoms with Crippen molar-refractivity contribution in [2.45, 2.75) is 33.2 Å². The first-order valence-electron chi connectivity index (χ1n) is 5.61. The molecule has 0 atom stereocenters. The first-order chi connectivity index (χ1) is 8.35. The molecule has 0 saturated heterocycles. The third-order valence-electron chi connectivity index (χ3n) is 1.90. The Morgan fingerprint density at radius 3 is 2.44 bits per heavy atom. The van der Waals surface area contributed by atoms with E-state index >= 15 is 0 Å². The van der Waals surface area contributed by atoms with Crippen LogP contribution in [0, 0.1) is 10.1 Å². The number of hydrogen-bond acceptors (Lipinski definition) is 7. The summed E-state index contributed by atoms with van der Waals surface area (Å²) in [6.07, 6.45) is 1.28. The lowest BCUT2D eigenvalue weighted by atomic mass is 10.1. The molecule has 0 aliphatic heterocycles. The zero-order valence-electron chi connectivity index (χ0n) is 10.9. The molecule has 0 radical (unpaired) electrons. The molecule has 18 heavy (non-hydrogen) atoms. The maximum absolute atomic E-state index is 11.1. The van der Waals surface area contributed by atoms with Crippen LogP contribution >= 0.6 is 0 Å². The van der Waals surface area contributed by atoms with Crippen molar-refractivity contribution >= 4 is 17.3 Å². The Kier molecular flexibility index (Phi) is 4.38. The molecule has 0 bridgehead atoms. The van der Waals surface area contributed by atoms with Crippen LogP contribution in [0.15, 0.2) is 6.33 Å². The standard InChI is InChI=1S/C10H18N6O2/c1-5-11-8-7(16(17)18)9(13-6-12-8)14-15-10(2,3)4/h6,15H,5H2,1-4H3,(H2,11,12,13,14). The van der Waals surface area contributed by atoms with Crippen LogP contribution < -0.4 is 16.2 Å². The lowest BCUT2D eigenvalue weighted by Gasteiger charge is -2.21. The van der Waals surface area contributed by atoms with Crippen molar-refractivity contribution in [1.82, 2.24) is 15.4 Å². The molecule has 0 saturated carbocycles. The fourth-order valence-corrected chi connectivity index (χ4v) is 1.19. The van der Waals surface area contributed by atoms with Gasteiger partial charge in [-0.05, 0) is 27.7 Å². The summed E-state index contributed by atoms with van der Waals surface area (Å²) in [6, 6.07) is 0. The van der Waals surface area contributed by atoms with Gasteiger partial charge in [0, 0.05) is 12.1 Å². The largest absolute Gasteiger partial charge is 0.364 e. The van der Waals surface area contributed by atoms with Gasteiger partial charge in [0.2, 0.25) is 11.6 Å². The zero-order chi connectivity index (χ0) is 13.8. The van der Waals surface area contributed by atoms with Crippen LogP contribution in [0.3, 0.4) is 0 Å². The predicted octanol–water partition coefficient (Wildman–Crippen LogP) is 1.53. The van der Waals surface area contributed by atoms with E-state index in [0.717, 1.165) is 0 Å². The minimum atomic E-state index is -0.509. The molecule has 1 aromatic heterocycles. The van der Waals surface area contributed by atoms with Crippen LogP contribution in [0.4, 0.5) is 17.3 Å². The van der Waals surface area contributed by atoms with Crippen molar-refractivity contribution in [2.75, 3.05) is 17.3 Å². The highest BCUT2D eigenvalue weighted by atomic mass is 16.6. The monoisotopic (exact) mass is 254 g/mol. The molecule has 8 heteroatoms. The van der Waals surface area contributed by atoms with Crippen molar-refractivity contribution in [2.24, 2.45) is 0 Å². The van der Waals surface area contributed by atoms with Crippen LogP contribution in [0.2, 0.25) is 0 Å². The van der Waals surface area contributed by atoms with Crippen molar-refractivity contribution in [3.8, 4) is 0 Å². The number of aromatic nitrogens is 2. The summed E-state index contributed by atoms with van der Waals surface area (Å²) in [5.41, 5.74) is 5.27. The highest BCUT2D eigenvalue weighted by Crippen LogP contribution is 2.28. The van der Waals surface area contributed by atoms with Gasteiger partial charge < -0.3 is 5.32 Å². The Balaban J connectivity index is 3.03. The molecule has 0 aromatic carbocycles. The molecule has 0 aliphatic rings. The van der Waals surface area contributed by atoms with Crippen LogP contribution in [0.1, 0.15) is 27.7 Å². The Morgan fingerprint density at radius 2 is 1.94 bits per heavy atom. The molecule has 0 aliphatic carbocycles. The number of nitro groups is 1. The molecule has 1 rings (SSSR count). The molecule has 3 N–H and O–H groups in total. The molecule has 0 amide bonds. The van der Waals surface area contributed by atoms with Gasteiger partial charge in [-0.25, -0.2) is 15.4 Å². The maximum atomic E-state index is 11.1. The summed E-state index contributed by atoms with van der Waals surface area (Å²) in [4.78, 5) is 18.3. The van der Waals surface area contributed by atoms with E-state index in [2.05, 4.69) is 26.1 Å². The van der Waals surface area contributed by atoms with Crippen molar-refractivity contribution in [3.63, 3.8) is 0 Å². The Morgan fingerprint density at radius 1 is 1.33 bits per heavy atom. The van der Waals surface area contributed by atoms with Crippen molar-refractivity contribution in [3.05, 3.63) is 16.4 Å². The van der Waals surface area contributed by atoms with Gasteiger partial charge in [-0.1, -0.05) is 0 Å². The predicted molar refractivity (Wildman–Crippen MR) is 69.4 cm³/mol. The highest BCUT2D eigenvalue weighted by molar-refractivity contribution is 5.68. The van der Waals surface area contributed by atoms with Gasteiger partial charge in [-0.3, -0.25) is 15.5 Å². The van der Waals surface area contributed by atoms with Gasteiger partial charge >= 0.3 is 5.69 Å². The Labute approximate surface area is 105 Å². The van der Waals surface area contributed by atoms with E-state index in [0.29, 0.717) is 6.54 Å². The summed E-state index contributed by atoms with van der Waals surface area (Å²) in [6.45, 7) is 8.17. The maximum Gasteiger partial charge on any atom is 0.354 e. The second kappa shape index (κ2) is 5.58. The minimum Gasteiger partial charge on any atom is -0.364 e. The normalized spacial score (nSPS) is 11.1. The molecular formula is C10H18N6O2. The number of rotatable bonds is 5. The molecule has 1 heterocycles. The molecule has 1 aromatic rings. The SMILES string of the molecule is CCNc1ncnc(NNC(C)(C)C)c1[N+](=O)[O-]. The quantitative estimate of drug-likeness (QED) is 0.540. The molecular weight excluding hydrogens is 236 g/mol. The fraction of sp³-hybridized carbons (Fsp3) is 0.600. The van der Waals surface area contributed by atoms with Gasteiger partial charge in [-0.2, -0.15) is 0 Å². The van der Waals surface area contributed by atoms with Gasteiger partial charge in [0.15, 0.2) is 0 Å². The highest BCUT2D eigenvalue weighted by Gasteiger charge is 2.23. The summed E-state index contributed by atoms with van der Waals surface area (Å²) in [5, 5.41) is 13.9. The van der Waals surface area contributed by atoms with Gasteiger partial charge in [0.05, 0.1) is 4.92 Å². The van der Waals surface area contributed by atoms with E-state index in [9.17, 15) is 10.1 Å². The van der Waals surface area contributed by atoms with Crippen LogP contribution in [0.5, 0.6) is 0 Å². The summed E-state index contributed by atoms with van der Waals surface area (Å²) in [7, 11) is 0. The van der Waals surface area contributed by atoms with E-state index in [1.54, 1.807) is 0 Å². The van der Waals surface area contributed by atoms with Gasteiger partial charge in [0.25, 0.3) is 0 Å². The van der Waals surface area contributed by atoms with Crippen molar-refractivity contribution < 1.29 is 4.92 Å². The Hall–Kier alpha value is -1.96. The van der Waals surface area contributed by atoms with Crippen molar-refractivity contribution in [1.29, 1.82) is 0 Å². The average molecular weight is 254 g/mol. The number of nitrogens with zero attached hydrogens (tertiary/aromatic N) is 3. The molecule has 0 unspecified atom stereocenters. The minimum absolute atomic E-state index is 0.140. The van der Waals surface area contributed by atoms with E-state index in [1.807, 2.05) is 27.7 Å². The van der Waals surface area contributed by atoms with E-state index in [-0.39, 0.29) is 22.9 Å². The van der Waals surface area contributed by atoms with Crippen LogP contribution in [-0.4, -0.2) is 27.0 Å². The fourth-order valence-electron chi connectivity index (χ4n) is 1.19. The first-order valence-corrected chi connectivity index (χ1v) is 5.61. The summed E-state index contributed by atoms with van der Waals surface area (Å²) >= 11 is 0. The smallest absolute Gasteiger partial charge is 0.354 e. The van der Waals surface area contributed by atoms with Gasteiger partial charge in [0.1, 0.15) is 6.33 Å². The summed E-state index contributed by atoms with van der Waals surface area (Å²) < 4.78 is 0. The van der Waals surface area contributed by atoms with Crippen LogP contribution in [0.25, 0.3) is 0 Å². The van der Waals surface area contributed by atoms with E-state index < -0.39 is 4.92 Å². The van der Waals surface area contributed by atoms with E-state index in [1.165, 1.54) is 6.33 Å². The van der Waals surface area contributed by atoms with Gasteiger partial charge in [-0.15, -0.1) is 0 Å². The Bertz CT molecular complexity index is 429. The number of nitrogens with one attached hydrogen (secondary N) is 3. The molecule has 0 fully saturated rings. The second-order valence-corrected chi connectivity index (χ2v) is 4.71. The third kappa shape index (κ3) is 3.81. The number of anilines is 2. The lowest BCUT2D eigenvalue weighted by molar-refractivity contribution is -0.383. The number of hydrazine groups is 1. The zero-order valence-corrected chi connectivity index (χ0v) is 10.9.